The Morgan fingerprint density at radius 3 is 2.30 bits per heavy atom. The van der Waals surface area contributed by atoms with Crippen LogP contribution in [0.4, 0.5) is 18.9 Å². The number of halogens is 3. The van der Waals surface area contributed by atoms with Crippen LogP contribution in [0.3, 0.4) is 0 Å². The Hall–Kier alpha value is -2.34. The van der Waals surface area contributed by atoms with Gasteiger partial charge in [0.05, 0.1) is 12.1 Å². The van der Waals surface area contributed by atoms with E-state index in [9.17, 15) is 18.0 Å². The molecule has 0 aliphatic heterocycles. The number of benzene rings is 2. The monoisotopic (exact) mass is 322 g/mol. The smallest absolute Gasteiger partial charge is 0.325 e. The number of amides is 1. The highest BCUT2D eigenvalue weighted by Crippen LogP contribution is 2.32. The van der Waals surface area contributed by atoms with Crippen LogP contribution in [0.2, 0.25) is 0 Å². The molecule has 0 fully saturated rings. The molecule has 2 rings (SSSR count). The van der Waals surface area contributed by atoms with Gasteiger partial charge in [0.2, 0.25) is 5.91 Å². The first-order chi connectivity index (χ1) is 10.9. The SMILES string of the molecule is CN(CC(=O)Nc1ccccc1)Cc1ccccc1C(F)(F)F. The van der Waals surface area contributed by atoms with Crippen LogP contribution in [0.15, 0.2) is 54.6 Å². The number of carbonyl (C=O) groups excluding carboxylic acids is 1. The minimum absolute atomic E-state index is 0.00108. The van der Waals surface area contributed by atoms with Gasteiger partial charge < -0.3 is 5.32 Å². The fourth-order valence-corrected chi connectivity index (χ4v) is 2.25. The Morgan fingerprint density at radius 1 is 1.04 bits per heavy atom. The van der Waals surface area contributed by atoms with Crippen LogP contribution < -0.4 is 5.32 Å². The van der Waals surface area contributed by atoms with E-state index in [1.54, 1.807) is 42.3 Å². The second-order valence-corrected chi connectivity index (χ2v) is 5.24. The van der Waals surface area contributed by atoms with Crippen LogP contribution in [-0.2, 0) is 17.5 Å². The third-order valence-corrected chi connectivity index (χ3v) is 3.23. The fourth-order valence-electron chi connectivity index (χ4n) is 2.25. The van der Waals surface area contributed by atoms with Crippen LogP contribution in [0, 0.1) is 0 Å². The highest BCUT2D eigenvalue weighted by molar-refractivity contribution is 5.92. The van der Waals surface area contributed by atoms with Crippen molar-refractivity contribution in [3.8, 4) is 0 Å². The zero-order chi connectivity index (χ0) is 16.9. The van der Waals surface area contributed by atoms with E-state index in [-0.39, 0.29) is 24.6 Å². The van der Waals surface area contributed by atoms with Gasteiger partial charge in [0.25, 0.3) is 0 Å². The van der Waals surface area contributed by atoms with Gasteiger partial charge in [-0.3, -0.25) is 9.69 Å². The average molecular weight is 322 g/mol. The van der Waals surface area contributed by atoms with Crippen molar-refractivity contribution < 1.29 is 18.0 Å². The maximum Gasteiger partial charge on any atom is 0.416 e. The topological polar surface area (TPSA) is 32.3 Å². The molecule has 122 valence electrons. The number of carbonyl (C=O) groups is 1. The van der Waals surface area contributed by atoms with E-state index < -0.39 is 11.7 Å². The molecule has 0 bridgehead atoms. The first-order valence-corrected chi connectivity index (χ1v) is 7.05. The predicted molar refractivity (Wildman–Crippen MR) is 82.8 cm³/mol. The molecule has 0 atom stereocenters. The molecule has 3 nitrogen and oxygen atoms in total. The standard InChI is InChI=1S/C17H17F3N2O/c1-22(12-16(23)21-14-8-3-2-4-9-14)11-13-7-5-6-10-15(13)17(18,19)20/h2-10H,11-12H2,1H3,(H,21,23). The molecule has 2 aromatic carbocycles. The lowest BCUT2D eigenvalue weighted by atomic mass is 10.1. The van der Waals surface area contributed by atoms with Gasteiger partial charge in [-0.2, -0.15) is 13.2 Å². The summed E-state index contributed by atoms with van der Waals surface area (Å²) in [6.07, 6.45) is -4.40. The van der Waals surface area contributed by atoms with E-state index in [2.05, 4.69) is 5.32 Å². The van der Waals surface area contributed by atoms with E-state index in [0.717, 1.165) is 6.07 Å². The van der Waals surface area contributed by atoms with Gasteiger partial charge in [0, 0.05) is 12.2 Å². The molecule has 0 saturated carbocycles. The summed E-state index contributed by atoms with van der Waals surface area (Å²) >= 11 is 0. The molecular weight excluding hydrogens is 305 g/mol. The molecule has 0 aliphatic carbocycles. The lowest BCUT2D eigenvalue weighted by Gasteiger charge is -2.19. The lowest BCUT2D eigenvalue weighted by Crippen LogP contribution is -2.30. The number of likely N-dealkylation sites (N-methyl/N-ethyl adjacent to an activating group) is 1. The Labute approximate surface area is 132 Å². The normalized spacial score (nSPS) is 11.5. The van der Waals surface area contributed by atoms with Crippen molar-refractivity contribution in [2.75, 3.05) is 18.9 Å². The van der Waals surface area contributed by atoms with E-state index in [4.69, 9.17) is 0 Å². The Kier molecular flexibility index (Phi) is 5.39. The van der Waals surface area contributed by atoms with E-state index >= 15 is 0 Å². The molecule has 0 saturated heterocycles. The highest BCUT2D eigenvalue weighted by atomic mass is 19.4. The summed E-state index contributed by atoms with van der Waals surface area (Å²) in [4.78, 5) is 13.5. The molecule has 6 heteroatoms. The van der Waals surface area contributed by atoms with Crippen LogP contribution in [0.1, 0.15) is 11.1 Å². The largest absolute Gasteiger partial charge is 0.416 e. The molecule has 2 aromatic rings. The first-order valence-electron chi connectivity index (χ1n) is 7.05. The van der Waals surface area contributed by atoms with Crippen molar-refractivity contribution in [1.29, 1.82) is 0 Å². The third kappa shape index (κ3) is 5.10. The van der Waals surface area contributed by atoms with Gasteiger partial charge in [-0.1, -0.05) is 36.4 Å². The van der Waals surface area contributed by atoms with Crippen LogP contribution in [-0.4, -0.2) is 24.4 Å². The minimum atomic E-state index is -4.40. The molecular formula is C17H17F3N2O. The van der Waals surface area contributed by atoms with Gasteiger partial charge in [0.15, 0.2) is 0 Å². The molecule has 1 amide bonds. The van der Waals surface area contributed by atoms with Crippen molar-refractivity contribution in [2.45, 2.75) is 12.7 Å². The van der Waals surface area contributed by atoms with E-state index in [1.165, 1.54) is 12.1 Å². The van der Waals surface area contributed by atoms with E-state index in [0.29, 0.717) is 5.69 Å². The fraction of sp³-hybridized carbons (Fsp3) is 0.235. The van der Waals surface area contributed by atoms with Gasteiger partial charge in [-0.15, -0.1) is 0 Å². The summed E-state index contributed by atoms with van der Waals surface area (Å²) < 4.78 is 38.9. The number of hydrogen-bond acceptors (Lipinski definition) is 2. The molecule has 0 heterocycles. The molecule has 1 N–H and O–H groups in total. The summed E-state index contributed by atoms with van der Waals surface area (Å²) in [5, 5.41) is 2.70. The Morgan fingerprint density at radius 2 is 1.65 bits per heavy atom. The van der Waals surface area contributed by atoms with Crippen molar-refractivity contribution in [2.24, 2.45) is 0 Å². The third-order valence-electron chi connectivity index (χ3n) is 3.23. The number of nitrogens with zero attached hydrogens (tertiary/aromatic N) is 1. The number of para-hydroxylation sites is 1. The van der Waals surface area contributed by atoms with Crippen molar-refractivity contribution >= 4 is 11.6 Å². The van der Waals surface area contributed by atoms with E-state index in [1.807, 2.05) is 6.07 Å². The first kappa shape index (κ1) is 17.0. The number of alkyl halides is 3. The Bertz CT molecular complexity index is 656. The quantitative estimate of drug-likeness (QED) is 0.909. The van der Waals surface area contributed by atoms with Gasteiger partial charge in [-0.25, -0.2) is 0 Å². The predicted octanol–water partition coefficient (Wildman–Crippen LogP) is 3.78. The summed E-state index contributed by atoms with van der Waals surface area (Å²) in [5.41, 5.74) is 0.131. The van der Waals surface area contributed by atoms with Gasteiger partial charge >= 0.3 is 6.18 Å². The number of nitrogens with one attached hydrogen (secondary N) is 1. The van der Waals surface area contributed by atoms with Crippen LogP contribution in [0.5, 0.6) is 0 Å². The average Bonchev–Trinajstić information content (AvgIpc) is 2.47. The number of anilines is 1. The second-order valence-electron chi connectivity index (χ2n) is 5.24. The van der Waals surface area contributed by atoms with Crippen molar-refractivity contribution in [3.05, 3.63) is 65.7 Å². The molecule has 0 aromatic heterocycles. The zero-order valence-corrected chi connectivity index (χ0v) is 12.6. The van der Waals surface area contributed by atoms with Crippen molar-refractivity contribution in [3.63, 3.8) is 0 Å². The molecule has 0 radical (unpaired) electrons. The van der Waals surface area contributed by atoms with Crippen LogP contribution >= 0.6 is 0 Å². The van der Waals surface area contributed by atoms with Crippen LogP contribution in [0.25, 0.3) is 0 Å². The number of rotatable bonds is 5. The summed E-state index contributed by atoms with van der Waals surface area (Å²) in [6, 6.07) is 14.3. The summed E-state index contributed by atoms with van der Waals surface area (Å²) in [7, 11) is 1.61. The summed E-state index contributed by atoms with van der Waals surface area (Å²) in [6.45, 7) is 0.0407. The molecule has 0 spiro atoms. The number of hydrogen-bond donors (Lipinski definition) is 1. The van der Waals surface area contributed by atoms with Gasteiger partial charge in [-0.05, 0) is 30.8 Å². The summed E-state index contributed by atoms with van der Waals surface area (Å²) in [5.74, 6) is -0.275. The molecule has 23 heavy (non-hydrogen) atoms. The zero-order valence-electron chi connectivity index (χ0n) is 12.6. The maximum absolute atomic E-state index is 13.0. The highest BCUT2D eigenvalue weighted by Gasteiger charge is 2.33. The molecule has 0 unspecified atom stereocenters. The lowest BCUT2D eigenvalue weighted by molar-refractivity contribution is -0.138. The maximum atomic E-state index is 13.0. The Balaban J connectivity index is 1.97. The minimum Gasteiger partial charge on any atom is -0.325 e. The molecule has 0 aliphatic rings. The van der Waals surface area contributed by atoms with Crippen molar-refractivity contribution in [1.82, 2.24) is 4.90 Å². The second kappa shape index (κ2) is 7.28. The van der Waals surface area contributed by atoms with Gasteiger partial charge in [0.1, 0.15) is 0 Å².